The van der Waals surface area contributed by atoms with Crippen molar-refractivity contribution < 1.29 is 0 Å². The third-order valence-corrected chi connectivity index (χ3v) is 4.05. The molecule has 3 rings (SSSR count). The van der Waals surface area contributed by atoms with E-state index in [9.17, 15) is 0 Å². The molecule has 1 heterocycles. The lowest BCUT2D eigenvalue weighted by Crippen LogP contribution is -2.01. The van der Waals surface area contributed by atoms with Crippen molar-refractivity contribution in [1.82, 2.24) is 4.98 Å². The van der Waals surface area contributed by atoms with Crippen molar-refractivity contribution in [3.05, 3.63) is 71.8 Å². The maximum absolute atomic E-state index is 6.10. The Morgan fingerprint density at radius 2 is 1.71 bits per heavy atom. The molecule has 0 bridgehead atoms. The van der Waals surface area contributed by atoms with E-state index in [-0.39, 0.29) is 0 Å². The van der Waals surface area contributed by atoms with Crippen molar-refractivity contribution in [2.45, 2.75) is 25.7 Å². The van der Waals surface area contributed by atoms with Gasteiger partial charge in [-0.05, 0) is 42.0 Å². The second-order valence-corrected chi connectivity index (χ2v) is 5.58. The number of benzene rings is 2. The van der Waals surface area contributed by atoms with Gasteiger partial charge in [0.2, 0.25) is 0 Å². The summed E-state index contributed by atoms with van der Waals surface area (Å²) in [6.07, 6.45) is 2.04. The molecule has 0 aliphatic rings. The summed E-state index contributed by atoms with van der Waals surface area (Å²) in [5.41, 5.74) is 9.60. The zero-order chi connectivity index (χ0) is 14.7. The predicted molar refractivity (Wildman–Crippen MR) is 89.3 cm³/mol. The monoisotopic (exact) mass is 276 g/mol. The first kappa shape index (κ1) is 13.6. The first-order chi connectivity index (χ1) is 10.2. The largest absolute Gasteiger partial charge is 0.383 e. The highest BCUT2D eigenvalue weighted by atomic mass is 14.8. The van der Waals surface area contributed by atoms with Crippen LogP contribution >= 0.6 is 0 Å². The molecule has 1 aromatic heterocycles. The lowest BCUT2D eigenvalue weighted by Gasteiger charge is -2.13. The molecule has 2 heteroatoms. The molecule has 0 amide bonds. The Labute approximate surface area is 125 Å². The number of rotatable bonds is 4. The predicted octanol–water partition coefficient (Wildman–Crippen LogP) is 4.55. The van der Waals surface area contributed by atoms with E-state index in [1.54, 1.807) is 0 Å². The number of hydrogen-bond donors (Lipinski definition) is 1. The summed E-state index contributed by atoms with van der Waals surface area (Å²) in [5.74, 6) is 1.19. The van der Waals surface area contributed by atoms with Gasteiger partial charge in [0.05, 0.1) is 5.52 Å². The van der Waals surface area contributed by atoms with E-state index in [0.29, 0.717) is 11.7 Å². The summed E-state index contributed by atoms with van der Waals surface area (Å²) < 4.78 is 0. The van der Waals surface area contributed by atoms with Crippen LogP contribution in [0.3, 0.4) is 0 Å². The van der Waals surface area contributed by atoms with E-state index >= 15 is 0 Å². The molecule has 106 valence electrons. The van der Waals surface area contributed by atoms with E-state index in [4.69, 9.17) is 5.73 Å². The minimum atomic E-state index is 0.525. The fraction of sp³-hybridized carbons (Fsp3) is 0.211. The first-order valence-corrected chi connectivity index (χ1v) is 7.43. The molecule has 0 fully saturated rings. The lowest BCUT2D eigenvalue weighted by atomic mass is 9.94. The highest BCUT2D eigenvalue weighted by Crippen LogP contribution is 2.24. The zero-order valence-corrected chi connectivity index (χ0v) is 12.3. The maximum atomic E-state index is 6.10. The zero-order valence-electron chi connectivity index (χ0n) is 12.3. The van der Waals surface area contributed by atoms with Crippen molar-refractivity contribution in [3.63, 3.8) is 0 Å². The molecule has 0 aliphatic carbocycles. The molecule has 0 radical (unpaired) electrons. The topological polar surface area (TPSA) is 38.9 Å². The molecule has 21 heavy (non-hydrogen) atoms. The van der Waals surface area contributed by atoms with Crippen molar-refractivity contribution in [1.29, 1.82) is 0 Å². The Morgan fingerprint density at radius 3 is 2.52 bits per heavy atom. The van der Waals surface area contributed by atoms with Crippen LogP contribution in [0.2, 0.25) is 0 Å². The number of aryl methyl sites for hydroxylation is 1. The van der Waals surface area contributed by atoms with Gasteiger partial charge in [-0.3, -0.25) is 0 Å². The van der Waals surface area contributed by atoms with E-state index in [2.05, 4.69) is 54.4 Å². The van der Waals surface area contributed by atoms with Crippen LogP contribution in [0.25, 0.3) is 10.9 Å². The van der Waals surface area contributed by atoms with Gasteiger partial charge in [-0.25, -0.2) is 4.98 Å². The molecule has 3 aromatic rings. The summed E-state index contributed by atoms with van der Waals surface area (Å²) in [4.78, 5) is 4.50. The minimum absolute atomic E-state index is 0.525. The number of pyridine rings is 1. The summed E-state index contributed by atoms with van der Waals surface area (Å²) in [7, 11) is 0. The SMILES string of the molecule is CC(CCc1cc2ccccc2nc1N)c1ccccc1. The molecule has 1 unspecified atom stereocenters. The number of nitrogens with two attached hydrogens (primary N) is 1. The number of fused-ring (bicyclic) bond motifs is 1. The third-order valence-electron chi connectivity index (χ3n) is 4.05. The molecule has 0 spiro atoms. The van der Waals surface area contributed by atoms with Crippen LogP contribution in [-0.2, 0) is 6.42 Å². The van der Waals surface area contributed by atoms with Gasteiger partial charge in [0.15, 0.2) is 0 Å². The van der Waals surface area contributed by atoms with Crippen LogP contribution in [0.15, 0.2) is 60.7 Å². The summed E-state index contributed by atoms with van der Waals surface area (Å²) in [6, 6.07) is 20.9. The highest BCUT2D eigenvalue weighted by Gasteiger charge is 2.08. The van der Waals surface area contributed by atoms with E-state index in [0.717, 1.165) is 29.3 Å². The van der Waals surface area contributed by atoms with Gasteiger partial charge < -0.3 is 5.73 Å². The van der Waals surface area contributed by atoms with Crippen molar-refractivity contribution >= 4 is 16.7 Å². The van der Waals surface area contributed by atoms with Crippen molar-refractivity contribution in [2.24, 2.45) is 0 Å². The fourth-order valence-corrected chi connectivity index (χ4v) is 2.70. The average Bonchev–Trinajstić information content (AvgIpc) is 2.53. The van der Waals surface area contributed by atoms with Gasteiger partial charge in [0.25, 0.3) is 0 Å². The number of anilines is 1. The Bertz CT molecular complexity index is 735. The smallest absolute Gasteiger partial charge is 0.127 e. The normalized spacial score (nSPS) is 12.4. The van der Waals surface area contributed by atoms with E-state index < -0.39 is 0 Å². The number of aromatic nitrogens is 1. The van der Waals surface area contributed by atoms with Gasteiger partial charge in [0.1, 0.15) is 5.82 Å². The molecular weight excluding hydrogens is 256 g/mol. The third kappa shape index (κ3) is 3.05. The quantitative estimate of drug-likeness (QED) is 0.759. The van der Waals surface area contributed by atoms with Gasteiger partial charge in [-0.15, -0.1) is 0 Å². The molecule has 2 N–H and O–H groups in total. The molecule has 0 aliphatic heterocycles. The van der Waals surface area contributed by atoms with Crippen LogP contribution in [0.1, 0.15) is 30.4 Å². The minimum Gasteiger partial charge on any atom is -0.383 e. The van der Waals surface area contributed by atoms with Crippen LogP contribution < -0.4 is 5.73 Å². The van der Waals surface area contributed by atoms with Crippen LogP contribution in [0.5, 0.6) is 0 Å². The molecule has 0 saturated heterocycles. The average molecular weight is 276 g/mol. The molecule has 1 atom stereocenters. The Balaban J connectivity index is 1.77. The standard InChI is InChI=1S/C19H20N2/c1-14(15-7-3-2-4-8-15)11-12-17-13-16-9-5-6-10-18(16)21-19(17)20/h2-10,13-14H,11-12H2,1H3,(H2,20,21). The van der Waals surface area contributed by atoms with E-state index in [1.807, 2.05) is 18.2 Å². The number of nitrogen functional groups attached to an aromatic ring is 1. The fourth-order valence-electron chi connectivity index (χ4n) is 2.70. The van der Waals surface area contributed by atoms with E-state index in [1.165, 1.54) is 5.56 Å². The molecule has 0 saturated carbocycles. The number of para-hydroxylation sites is 1. The van der Waals surface area contributed by atoms with Crippen molar-refractivity contribution in [2.75, 3.05) is 5.73 Å². The first-order valence-electron chi connectivity index (χ1n) is 7.43. The second kappa shape index (κ2) is 5.96. The Kier molecular flexibility index (Phi) is 3.87. The molecule has 2 nitrogen and oxygen atoms in total. The maximum Gasteiger partial charge on any atom is 0.127 e. The van der Waals surface area contributed by atoms with Gasteiger partial charge >= 0.3 is 0 Å². The Hall–Kier alpha value is -2.35. The molecule has 2 aromatic carbocycles. The van der Waals surface area contributed by atoms with Gasteiger partial charge in [0, 0.05) is 5.39 Å². The molecular formula is C19H20N2. The summed E-state index contributed by atoms with van der Waals surface area (Å²) in [5, 5.41) is 1.16. The summed E-state index contributed by atoms with van der Waals surface area (Å²) >= 11 is 0. The number of nitrogens with zero attached hydrogens (tertiary/aromatic N) is 1. The summed E-state index contributed by atoms with van der Waals surface area (Å²) in [6.45, 7) is 2.26. The van der Waals surface area contributed by atoms with Crippen molar-refractivity contribution in [3.8, 4) is 0 Å². The van der Waals surface area contributed by atoms with Gasteiger partial charge in [-0.1, -0.05) is 55.5 Å². The van der Waals surface area contributed by atoms with Crippen LogP contribution in [-0.4, -0.2) is 4.98 Å². The van der Waals surface area contributed by atoms with Gasteiger partial charge in [-0.2, -0.15) is 0 Å². The number of hydrogen-bond acceptors (Lipinski definition) is 2. The van der Waals surface area contributed by atoms with Crippen LogP contribution in [0, 0.1) is 0 Å². The Morgan fingerprint density at radius 1 is 1.00 bits per heavy atom. The lowest BCUT2D eigenvalue weighted by molar-refractivity contribution is 0.680. The van der Waals surface area contributed by atoms with Crippen LogP contribution in [0.4, 0.5) is 5.82 Å². The second-order valence-electron chi connectivity index (χ2n) is 5.58. The highest BCUT2D eigenvalue weighted by molar-refractivity contribution is 5.81.